The molecule has 4 heteroatoms. The van der Waals surface area contributed by atoms with Crippen LogP contribution in [0.2, 0.25) is 0 Å². The van der Waals surface area contributed by atoms with Gasteiger partial charge in [-0.05, 0) is 37.9 Å². The van der Waals surface area contributed by atoms with Crippen molar-refractivity contribution in [2.75, 3.05) is 20.3 Å². The standard InChI is InChI=1S/C17H25N3O/c1-3-11-18-17(10-7-12-21-2)15-13-19-20(14-15)16-8-5-4-6-9-16/h4-6,8-9,13-14,17-18H,3,7,10-12H2,1-2H3. The molecule has 0 fully saturated rings. The van der Waals surface area contributed by atoms with Crippen molar-refractivity contribution in [2.24, 2.45) is 0 Å². The molecule has 114 valence electrons. The van der Waals surface area contributed by atoms with E-state index < -0.39 is 0 Å². The van der Waals surface area contributed by atoms with Crippen LogP contribution in [-0.4, -0.2) is 30.0 Å². The number of hydrogen-bond donors (Lipinski definition) is 1. The molecule has 1 aromatic carbocycles. The third-order valence-electron chi connectivity index (χ3n) is 3.51. The van der Waals surface area contributed by atoms with Gasteiger partial charge in [0, 0.05) is 31.5 Å². The van der Waals surface area contributed by atoms with E-state index in [-0.39, 0.29) is 0 Å². The van der Waals surface area contributed by atoms with E-state index in [0.29, 0.717) is 6.04 Å². The number of nitrogens with one attached hydrogen (secondary N) is 1. The third-order valence-corrected chi connectivity index (χ3v) is 3.51. The van der Waals surface area contributed by atoms with Crippen LogP contribution in [0.4, 0.5) is 0 Å². The molecular weight excluding hydrogens is 262 g/mol. The van der Waals surface area contributed by atoms with Crippen molar-refractivity contribution in [2.45, 2.75) is 32.2 Å². The van der Waals surface area contributed by atoms with E-state index in [9.17, 15) is 0 Å². The smallest absolute Gasteiger partial charge is 0.0645 e. The highest BCUT2D eigenvalue weighted by atomic mass is 16.5. The lowest BCUT2D eigenvalue weighted by Gasteiger charge is -2.16. The van der Waals surface area contributed by atoms with Crippen molar-refractivity contribution < 1.29 is 4.74 Å². The fourth-order valence-corrected chi connectivity index (χ4v) is 2.38. The second-order valence-electron chi connectivity index (χ2n) is 5.20. The number of methoxy groups -OCH3 is 1. The van der Waals surface area contributed by atoms with Crippen molar-refractivity contribution in [3.05, 3.63) is 48.3 Å². The summed E-state index contributed by atoms with van der Waals surface area (Å²) < 4.78 is 7.10. The summed E-state index contributed by atoms with van der Waals surface area (Å²) in [6.45, 7) is 4.01. The van der Waals surface area contributed by atoms with E-state index in [1.807, 2.05) is 29.1 Å². The Hall–Kier alpha value is -1.65. The fraction of sp³-hybridized carbons (Fsp3) is 0.471. The molecule has 21 heavy (non-hydrogen) atoms. The van der Waals surface area contributed by atoms with Crippen molar-refractivity contribution >= 4 is 0 Å². The van der Waals surface area contributed by atoms with Crippen LogP contribution in [0.15, 0.2) is 42.7 Å². The second kappa shape index (κ2) is 8.60. The summed E-state index contributed by atoms with van der Waals surface area (Å²) in [5.74, 6) is 0. The first kappa shape index (κ1) is 15.7. The Kier molecular flexibility index (Phi) is 6.44. The predicted molar refractivity (Wildman–Crippen MR) is 85.7 cm³/mol. The molecule has 0 aliphatic rings. The SMILES string of the molecule is CCCNC(CCCOC)c1cnn(-c2ccccc2)c1. The Morgan fingerprint density at radius 1 is 1.29 bits per heavy atom. The summed E-state index contributed by atoms with van der Waals surface area (Å²) in [6.07, 6.45) is 7.33. The Morgan fingerprint density at radius 3 is 2.81 bits per heavy atom. The summed E-state index contributed by atoms with van der Waals surface area (Å²) in [5, 5.41) is 8.09. The minimum absolute atomic E-state index is 0.345. The molecule has 0 radical (unpaired) electrons. The zero-order valence-corrected chi connectivity index (χ0v) is 13.0. The molecule has 1 unspecified atom stereocenters. The Labute approximate surface area is 127 Å². The quantitative estimate of drug-likeness (QED) is 0.719. The molecule has 2 aromatic rings. The molecule has 0 saturated heterocycles. The second-order valence-corrected chi connectivity index (χ2v) is 5.20. The van der Waals surface area contributed by atoms with Gasteiger partial charge in [0.05, 0.1) is 11.9 Å². The van der Waals surface area contributed by atoms with Crippen molar-refractivity contribution in [1.82, 2.24) is 15.1 Å². The van der Waals surface area contributed by atoms with E-state index >= 15 is 0 Å². The van der Waals surface area contributed by atoms with Crippen LogP contribution in [0, 0.1) is 0 Å². The highest BCUT2D eigenvalue weighted by Gasteiger charge is 2.13. The maximum atomic E-state index is 5.16. The van der Waals surface area contributed by atoms with Crippen LogP contribution in [0.5, 0.6) is 0 Å². The summed E-state index contributed by atoms with van der Waals surface area (Å²) in [7, 11) is 1.75. The molecule has 0 spiro atoms. The van der Waals surface area contributed by atoms with Crippen LogP contribution in [0.1, 0.15) is 37.8 Å². The maximum absolute atomic E-state index is 5.16. The molecule has 1 N–H and O–H groups in total. The minimum Gasteiger partial charge on any atom is -0.385 e. The van der Waals surface area contributed by atoms with Gasteiger partial charge in [0.2, 0.25) is 0 Å². The minimum atomic E-state index is 0.345. The number of ether oxygens (including phenoxy) is 1. The van der Waals surface area contributed by atoms with E-state index in [0.717, 1.165) is 38.1 Å². The van der Waals surface area contributed by atoms with Gasteiger partial charge in [-0.25, -0.2) is 4.68 Å². The van der Waals surface area contributed by atoms with Gasteiger partial charge in [-0.2, -0.15) is 5.10 Å². The average molecular weight is 287 g/mol. The van der Waals surface area contributed by atoms with Gasteiger partial charge >= 0.3 is 0 Å². The van der Waals surface area contributed by atoms with Gasteiger partial charge in [-0.1, -0.05) is 25.1 Å². The molecule has 0 amide bonds. The van der Waals surface area contributed by atoms with Crippen LogP contribution in [-0.2, 0) is 4.74 Å². The fourth-order valence-electron chi connectivity index (χ4n) is 2.38. The third kappa shape index (κ3) is 4.69. The Morgan fingerprint density at radius 2 is 2.10 bits per heavy atom. The van der Waals surface area contributed by atoms with Crippen LogP contribution in [0.3, 0.4) is 0 Å². The van der Waals surface area contributed by atoms with Gasteiger partial charge in [-0.15, -0.1) is 0 Å². The molecule has 2 rings (SSSR count). The summed E-state index contributed by atoms with van der Waals surface area (Å²) in [5.41, 5.74) is 2.33. The van der Waals surface area contributed by atoms with Gasteiger partial charge in [0.15, 0.2) is 0 Å². The molecule has 1 atom stereocenters. The first-order chi connectivity index (χ1) is 10.3. The zero-order valence-electron chi connectivity index (χ0n) is 13.0. The van der Waals surface area contributed by atoms with E-state index in [4.69, 9.17) is 4.74 Å². The zero-order chi connectivity index (χ0) is 14.9. The number of aromatic nitrogens is 2. The lowest BCUT2D eigenvalue weighted by atomic mass is 10.1. The normalized spacial score (nSPS) is 12.5. The van der Waals surface area contributed by atoms with Crippen molar-refractivity contribution in [3.63, 3.8) is 0 Å². The van der Waals surface area contributed by atoms with Crippen LogP contribution >= 0.6 is 0 Å². The molecule has 0 aliphatic carbocycles. The van der Waals surface area contributed by atoms with E-state index in [1.165, 1.54) is 5.56 Å². The lowest BCUT2D eigenvalue weighted by Crippen LogP contribution is -2.22. The first-order valence-corrected chi connectivity index (χ1v) is 7.67. The average Bonchev–Trinajstić information content (AvgIpc) is 3.01. The first-order valence-electron chi connectivity index (χ1n) is 7.67. The van der Waals surface area contributed by atoms with E-state index in [2.05, 4.69) is 35.7 Å². The Bertz CT molecular complexity index is 510. The molecule has 1 heterocycles. The number of nitrogens with zero attached hydrogens (tertiary/aromatic N) is 2. The monoisotopic (exact) mass is 287 g/mol. The van der Waals surface area contributed by atoms with Gasteiger partial charge in [0.1, 0.15) is 0 Å². The summed E-state index contributed by atoms with van der Waals surface area (Å²) in [4.78, 5) is 0. The molecule has 0 aliphatic heterocycles. The summed E-state index contributed by atoms with van der Waals surface area (Å²) >= 11 is 0. The lowest BCUT2D eigenvalue weighted by molar-refractivity contribution is 0.188. The van der Waals surface area contributed by atoms with Gasteiger partial charge in [-0.3, -0.25) is 0 Å². The molecular formula is C17H25N3O. The Balaban J connectivity index is 2.07. The number of hydrogen-bond acceptors (Lipinski definition) is 3. The van der Waals surface area contributed by atoms with Crippen LogP contribution < -0.4 is 5.32 Å². The van der Waals surface area contributed by atoms with Gasteiger partial charge in [0.25, 0.3) is 0 Å². The molecule has 0 bridgehead atoms. The van der Waals surface area contributed by atoms with E-state index in [1.54, 1.807) is 7.11 Å². The van der Waals surface area contributed by atoms with Crippen molar-refractivity contribution in [1.29, 1.82) is 0 Å². The number of rotatable bonds is 9. The maximum Gasteiger partial charge on any atom is 0.0645 e. The number of benzene rings is 1. The topological polar surface area (TPSA) is 39.1 Å². The van der Waals surface area contributed by atoms with Crippen molar-refractivity contribution in [3.8, 4) is 5.69 Å². The highest BCUT2D eigenvalue weighted by molar-refractivity contribution is 5.31. The molecule has 0 saturated carbocycles. The number of para-hydroxylation sites is 1. The largest absolute Gasteiger partial charge is 0.385 e. The predicted octanol–water partition coefficient (Wildman–Crippen LogP) is 3.34. The summed E-state index contributed by atoms with van der Waals surface area (Å²) in [6, 6.07) is 10.6. The van der Waals surface area contributed by atoms with Gasteiger partial charge < -0.3 is 10.1 Å². The molecule has 4 nitrogen and oxygen atoms in total. The van der Waals surface area contributed by atoms with Crippen LogP contribution in [0.25, 0.3) is 5.69 Å². The molecule has 1 aromatic heterocycles. The highest BCUT2D eigenvalue weighted by Crippen LogP contribution is 2.19.